The molecular weight excluding hydrogens is 402 g/mol. The molecule has 0 bridgehead atoms. The lowest BCUT2D eigenvalue weighted by Gasteiger charge is -2.14. The standard InChI is InChI=1S/C22H31N3O4S/c1-5-28-20-12-9-17(15-21(20)29-6-2)13-14-24-22(23-3)25-16-18-7-10-19(11-8-18)30(4,26)27/h7-12,15H,5-6,13-14,16H2,1-4H3,(H2,23,24,25). The minimum Gasteiger partial charge on any atom is -0.490 e. The summed E-state index contributed by atoms with van der Waals surface area (Å²) in [5.41, 5.74) is 2.11. The zero-order chi connectivity index (χ0) is 22.0. The molecule has 0 aliphatic heterocycles. The maximum Gasteiger partial charge on any atom is 0.191 e. The zero-order valence-corrected chi connectivity index (χ0v) is 18.9. The second kappa shape index (κ2) is 11.4. The molecule has 0 aliphatic rings. The Morgan fingerprint density at radius 2 is 1.57 bits per heavy atom. The van der Waals surface area contributed by atoms with Crippen LogP contribution < -0.4 is 20.1 Å². The van der Waals surface area contributed by atoms with Gasteiger partial charge in [-0.25, -0.2) is 8.42 Å². The fourth-order valence-electron chi connectivity index (χ4n) is 2.84. The topological polar surface area (TPSA) is 89.0 Å². The second-order valence-corrected chi connectivity index (χ2v) is 8.68. The van der Waals surface area contributed by atoms with Gasteiger partial charge in [0, 0.05) is 26.4 Å². The van der Waals surface area contributed by atoms with E-state index in [9.17, 15) is 8.42 Å². The summed E-state index contributed by atoms with van der Waals surface area (Å²) in [6.45, 7) is 6.33. The lowest BCUT2D eigenvalue weighted by molar-refractivity contribution is 0.287. The normalized spacial score (nSPS) is 11.8. The van der Waals surface area contributed by atoms with Crippen LogP contribution >= 0.6 is 0 Å². The molecule has 0 amide bonds. The van der Waals surface area contributed by atoms with Crippen LogP contribution in [0, 0.1) is 0 Å². The van der Waals surface area contributed by atoms with Crippen molar-refractivity contribution in [3.63, 3.8) is 0 Å². The van der Waals surface area contributed by atoms with Crippen LogP contribution in [0.3, 0.4) is 0 Å². The molecule has 7 nitrogen and oxygen atoms in total. The van der Waals surface area contributed by atoms with Gasteiger partial charge in [-0.1, -0.05) is 18.2 Å². The molecule has 2 aromatic carbocycles. The fourth-order valence-corrected chi connectivity index (χ4v) is 3.47. The number of hydrogen-bond donors (Lipinski definition) is 2. The van der Waals surface area contributed by atoms with Crippen LogP contribution in [-0.2, 0) is 22.8 Å². The van der Waals surface area contributed by atoms with Crippen LogP contribution in [0.1, 0.15) is 25.0 Å². The Hall–Kier alpha value is -2.74. The van der Waals surface area contributed by atoms with Crippen LogP contribution in [0.25, 0.3) is 0 Å². The van der Waals surface area contributed by atoms with Crippen LogP contribution in [0.2, 0.25) is 0 Å². The maximum absolute atomic E-state index is 11.5. The lowest BCUT2D eigenvalue weighted by atomic mass is 10.1. The van der Waals surface area contributed by atoms with E-state index < -0.39 is 9.84 Å². The smallest absolute Gasteiger partial charge is 0.191 e. The van der Waals surface area contributed by atoms with Crippen LogP contribution in [0.5, 0.6) is 11.5 Å². The summed E-state index contributed by atoms with van der Waals surface area (Å²) in [6.07, 6.45) is 2.00. The molecular formula is C22H31N3O4S. The molecule has 0 atom stereocenters. The van der Waals surface area contributed by atoms with Crippen molar-refractivity contribution in [2.24, 2.45) is 4.99 Å². The average molecular weight is 434 g/mol. The van der Waals surface area contributed by atoms with Gasteiger partial charge in [0.25, 0.3) is 0 Å². The second-order valence-electron chi connectivity index (χ2n) is 6.67. The van der Waals surface area contributed by atoms with Crippen molar-refractivity contribution >= 4 is 15.8 Å². The monoisotopic (exact) mass is 433 g/mol. The molecule has 8 heteroatoms. The van der Waals surface area contributed by atoms with E-state index in [-0.39, 0.29) is 0 Å². The predicted octanol–water partition coefficient (Wildman–Crippen LogP) is 2.80. The molecule has 0 aromatic heterocycles. The zero-order valence-electron chi connectivity index (χ0n) is 18.1. The predicted molar refractivity (Wildman–Crippen MR) is 120 cm³/mol. The van der Waals surface area contributed by atoms with Crippen molar-refractivity contribution in [3.05, 3.63) is 53.6 Å². The molecule has 164 valence electrons. The lowest BCUT2D eigenvalue weighted by Crippen LogP contribution is -2.37. The molecule has 0 saturated heterocycles. The minimum atomic E-state index is -3.18. The van der Waals surface area contributed by atoms with E-state index in [0.29, 0.717) is 37.2 Å². The molecule has 2 rings (SSSR count). The van der Waals surface area contributed by atoms with Crippen LogP contribution in [-0.4, -0.2) is 47.4 Å². The van der Waals surface area contributed by atoms with E-state index in [2.05, 4.69) is 15.6 Å². The maximum atomic E-state index is 11.5. The largest absolute Gasteiger partial charge is 0.490 e. The molecule has 2 aromatic rings. The van der Waals surface area contributed by atoms with E-state index in [0.717, 1.165) is 29.0 Å². The van der Waals surface area contributed by atoms with E-state index in [4.69, 9.17) is 9.47 Å². The number of benzene rings is 2. The molecule has 0 unspecified atom stereocenters. The first-order valence-corrected chi connectivity index (χ1v) is 11.9. The van der Waals surface area contributed by atoms with E-state index in [1.165, 1.54) is 6.26 Å². The Labute approximate surface area is 179 Å². The highest BCUT2D eigenvalue weighted by molar-refractivity contribution is 7.90. The van der Waals surface area contributed by atoms with Crippen LogP contribution in [0.15, 0.2) is 52.4 Å². The van der Waals surface area contributed by atoms with Gasteiger partial charge in [0.05, 0.1) is 18.1 Å². The first-order chi connectivity index (χ1) is 14.4. The van der Waals surface area contributed by atoms with Gasteiger partial charge in [-0.3, -0.25) is 4.99 Å². The van der Waals surface area contributed by atoms with Crippen LogP contribution in [0.4, 0.5) is 0 Å². The third-order valence-electron chi connectivity index (χ3n) is 4.35. The molecule has 0 heterocycles. The van der Waals surface area contributed by atoms with Gasteiger partial charge in [0.1, 0.15) is 0 Å². The molecule has 0 radical (unpaired) electrons. The average Bonchev–Trinajstić information content (AvgIpc) is 2.72. The number of nitrogens with zero attached hydrogens (tertiary/aromatic N) is 1. The van der Waals surface area contributed by atoms with Gasteiger partial charge < -0.3 is 20.1 Å². The number of hydrogen-bond acceptors (Lipinski definition) is 5. The molecule has 2 N–H and O–H groups in total. The molecule has 0 fully saturated rings. The molecule has 0 spiro atoms. The van der Waals surface area contributed by atoms with Crippen molar-refractivity contribution in [1.29, 1.82) is 0 Å². The Bertz CT molecular complexity index is 941. The summed E-state index contributed by atoms with van der Waals surface area (Å²) in [5.74, 6) is 2.20. The summed E-state index contributed by atoms with van der Waals surface area (Å²) in [7, 11) is -1.47. The number of guanidine groups is 1. The summed E-state index contributed by atoms with van der Waals surface area (Å²) in [6, 6.07) is 12.8. The van der Waals surface area contributed by atoms with Crippen molar-refractivity contribution < 1.29 is 17.9 Å². The highest BCUT2D eigenvalue weighted by atomic mass is 32.2. The van der Waals surface area contributed by atoms with Gasteiger partial charge in [0.15, 0.2) is 27.3 Å². The number of nitrogens with one attached hydrogen (secondary N) is 2. The third-order valence-corrected chi connectivity index (χ3v) is 5.48. The van der Waals surface area contributed by atoms with E-state index in [1.807, 2.05) is 32.0 Å². The minimum absolute atomic E-state index is 0.315. The van der Waals surface area contributed by atoms with Gasteiger partial charge >= 0.3 is 0 Å². The Morgan fingerprint density at radius 3 is 2.17 bits per heavy atom. The molecule has 0 aliphatic carbocycles. The third kappa shape index (κ3) is 7.26. The fraction of sp³-hybridized carbons (Fsp3) is 0.409. The van der Waals surface area contributed by atoms with Gasteiger partial charge in [-0.2, -0.15) is 0 Å². The highest BCUT2D eigenvalue weighted by Crippen LogP contribution is 2.28. The van der Waals surface area contributed by atoms with Gasteiger partial charge in [0.2, 0.25) is 0 Å². The van der Waals surface area contributed by atoms with Crippen molar-refractivity contribution in [2.75, 3.05) is 33.1 Å². The highest BCUT2D eigenvalue weighted by Gasteiger charge is 2.08. The van der Waals surface area contributed by atoms with E-state index >= 15 is 0 Å². The molecule has 0 saturated carbocycles. The number of aliphatic imine (C=N–C) groups is 1. The number of rotatable bonds is 10. The number of sulfone groups is 1. The van der Waals surface area contributed by atoms with Gasteiger partial charge in [-0.15, -0.1) is 0 Å². The summed E-state index contributed by atoms with van der Waals surface area (Å²) < 4.78 is 34.4. The first kappa shape index (κ1) is 23.5. The van der Waals surface area contributed by atoms with E-state index in [1.54, 1.807) is 31.3 Å². The van der Waals surface area contributed by atoms with Crippen molar-refractivity contribution in [2.45, 2.75) is 31.7 Å². The van der Waals surface area contributed by atoms with Gasteiger partial charge in [-0.05, 0) is 55.7 Å². The Kier molecular flexibility index (Phi) is 8.98. The summed E-state index contributed by atoms with van der Waals surface area (Å²) in [4.78, 5) is 4.55. The first-order valence-electron chi connectivity index (χ1n) is 9.99. The quantitative estimate of drug-likeness (QED) is 0.442. The Morgan fingerprint density at radius 1 is 0.933 bits per heavy atom. The Balaban J connectivity index is 1.86. The molecule has 30 heavy (non-hydrogen) atoms. The van der Waals surface area contributed by atoms with Crippen molar-refractivity contribution in [1.82, 2.24) is 10.6 Å². The SMILES string of the molecule is CCOc1ccc(CCNC(=NC)NCc2ccc(S(C)(=O)=O)cc2)cc1OCC. The van der Waals surface area contributed by atoms with Crippen molar-refractivity contribution in [3.8, 4) is 11.5 Å². The number of ether oxygens (including phenoxy) is 2. The summed E-state index contributed by atoms with van der Waals surface area (Å²) in [5, 5.41) is 6.52. The summed E-state index contributed by atoms with van der Waals surface area (Å²) >= 11 is 0.